The van der Waals surface area contributed by atoms with Gasteiger partial charge in [0.1, 0.15) is 12.1 Å². The summed E-state index contributed by atoms with van der Waals surface area (Å²) < 4.78 is 0.905. The van der Waals surface area contributed by atoms with E-state index in [9.17, 15) is 29.1 Å². The van der Waals surface area contributed by atoms with Crippen molar-refractivity contribution in [3.63, 3.8) is 0 Å². The molecule has 15 heteroatoms. The van der Waals surface area contributed by atoms with Crippen molar-refractivity contribution in [1.29, 1.82) is 0 Å². The van der Waals surface area contributed by atoms with Gasteiger partial charge in [-0.3, -0.25) is 9.59 Å². The molecule has 40 heavy (non-hydrogen) atoms. The topological polar surface area (TPSA) is 222 Å². The average molecular weight is 627 g/mol. The predicted octanol–water partition coefficient (Wildman–Crippen LogP) is 3.89. The molecule has 0 aromatic heterocycles. The average Bonchev–Trinajstić information content (AvgIpc) is 2.90. The first-order valence-electron chi connectivity index (χ1n) is 12.8. The zero-order chi connectivity index (χ0) is 29.9. The summed E-state index contributed by atoms with van der Waals surface area (Å²) in [5, 5.41) is 35.2. The number of azide groups is 1. The maximum Gasteiger partial charge on any atom is 0.326 e. The molecule has 0 radical (unpaired) electrons. The Morgan fingerprint density at radius 3 is 2.08 bits per heavy atom. The van der Waals surface area contributed by atoms with Gasteiger partial charge in [0.25, 0.3) is 0 Å². The van der Waals surface area contributed by atoms with Crippen molar-refractivity contribution >= 4 is 45.8 Å². The van der Waals surface area contributed by atoms with Crippen molar-refractivity contribution in [3.8, 4) is 0 Å². The van der Waals surface area contributed by atoms with Crippen LogP contribution in [0, 0.1) is 0 Å². The quantitative estimate of drug-likeness (QED) is 0.0616. The minimum atomic E-state index is -1.48. The smallest absolute Gasteiger partial charge is 0.326 e. The molecule has 1 aromatic rings. The molecule has 0 aliphatic heterocycles. The lowest BCUT2D eigenvalue weighted by Gasteiger charge is -2.24. The van der Waals surface area contributed by atoms with Crippen LogP contribution in [0.3, 0.4) is 0 Å². The van der Waals surface area contributed by atoms with Gasteiger partial charge in [-0.1, -0.05) is 39.6 Å². The van der Waals surface area contributed by atoms with Gasteiger partial charge < -0.3 is 30.9 Å². The molecular weight excluding hydrogens is 592 g/mol. The summed E-state index contributed by atoms with van der Waals surface area (Å²) in [6, 6.07) is 3.72. The molecule has 1 rings (SSSR count). The van der Waals surface area contributed by atoms with Crippen LogP contribution in [-0.2, 0) is 25.7 Å². The summed E-state index contributed by atoms with van der Waals surface area (Å²) in [4.78, 5) is 63.1. The van der Waals surface area contributed by atoms with Gasteiger partial charge >= 0.3 is 23.9 Å². The Hall–Kier alpha value is -3.84. The summed E-state index contributed by atoms with van der Waals surface area (Å²) >= 11 is 3.38. The molecule has 1 aromatic carbocycles. The number of hydrogen-bond donors (Lipinski definition) is 5. The third-order valence-electron chi connectivity index (χ3n) is 5.88. The zero-order valence-electron chi connectivity index (χ0n) is 22.0. The maximum absolute atomic E-state index is 12.9. The Morgan fingerprint density at radius 2 is 1.50 bits per heavy atom. The van der Waals surface area contributed by atoms with E-state index in [0.29, 0.717) is 51.7 Å². The molecule has 0 fully saturated rings. The van der Waals surface area contributed by atoms with E-state index in [4.69, 9.17) is 15.7 Å². The van der Waals surface area contributed by atoms with Crippen LogP contribution in [0.25, 0.3) is 10.4 Å². The molecule has 0 bridgehead atoms. The number of carbonyl (C=O) groups is 5. The van der Waals surface area contributed by atoms with Crippen LogP contribution < -0.4 is 10.6 Å². The second-order valence-electron chi connectivity index (χ2n) is 9.03. The van der Waals surface area contributed by atoms with Crippen LogP contribution in [0.5, 0.6) is 0 Å². The number of unbranched alkanes of at least 4 members (excludes halogenated alkanes) is 3. The molecule has 0 unspecified atom stereocenters. The Labute approximate surface area is 239 Å². The van der Waals surface area contributed by atoms with Crippen molar-refractivity contribution in [2.24, 2.45) is 5.11 Å². The van der Waals surface area contributed by atoms with Gasteiger partial charge in [-0.15, -0.1) is 0 Å². The van der Waals surface area contributed by atoms with Gasteiger partial charge in [0, 0.05) is 41.9 Å². The highest BCUT2D eigenvalue weighted by Gasteiger charge is 2.25. The summed E-state index contributed by atoms with van der Waals surface area (Å²) in [5.74, 6) is -4.03. The highest BCUT2D eigenvalue weighted by atomic mass is 79.9. The highest BCUT2D eigenvalue weighted by Crippen LogP contribution is 2.15. The fourth-order valence-corrected chi connectivity index (χ4v) is 4.00. The van der Waals surface area contributed by atoms with Crippen LogP contribution in [0.1, 0.15) is 63.4 Å². The van der Waals surface area contributed by atoms with Crippen LogP contribution in [-0.4, -0.2) is 75.2 Å². The Balaban J connectivity index is 2.66. The third-order valence-corrected chi connectivity index (χ3v) is 6.40. The number of aliphatic carboxylic acids is 3. The van der Waals surface area contributed by atoms with Crippen LogP contribution >= 0.6 is 15.9 Å². The molecule has 0 saturated carbocycles. The number of carboxylic acids is 3. The molecule has 5 N–H and O–H groups in total. The standard InChI is InChI=1S/C25H35BrN6O8/c26-18-10-8-17(9-11-18)16-32(21(33)7-2-1-4-14-28-31-27)15-5-3-6-19(23(36)37)29-25(40)30-20(24(38)39)12-13-22(34)35/h8-11,19-20H,1-7,12-16H2,(H,34,35)(H,36,37)(H,38,39)(H2,29,30,40)/t19-,20-/m0/s1. The van der Waals surface area contributed by atoms with Gasteiger partial charge in [0.15, 0.2) is 0 Å². The number of benzene rings is 1. The number of carboxylic acid groups (broad SMARTS) is 3. The Bertz CT molecular complexity index is 1050. The number of halogens is 1. The Morgan fingerprint density at radius 1 is 0.875 bits per heavy atom. The van der Waals surface area contributed by atoms with E-state index >= 15 is 0 Å². The lowest BCUT2D eigenvalue weighted by atomic mass is 10.1. The molecule has 2 atom stereocenters. The van der Waals surface area contributed by atoms with Crippen LogP contribution in [0.15, 0.2) is 33.9 Å². The van der Waals surface area contributed by atoms with Crippen molar-refractivity contribution < 1.29 is 39.3 Å². The van der Waals surface area contributed by atoms with Crippen molar-refractivity contribution in [2.75, 3.05) is 13.1 Å². The molecule has 0 saturated heterocycles. The number of rotatable bonds is 20. The molecule has 0 aliphatic carbocycles. The van der Waals surface area contributed by atoms with Gasteiger partial charge in [-0.2, -0.15) is 0 Å². The fourth-order valence-electron chi connectivity index (χ4n) is 3.73. The van der Waals surface area contributed by atoms with Crippen LogP contribution in [0.2, 0.25) is 0 Å². The van der Waals surface area contributed by atoms with Gasteiger partial charge in [0.05, 0.1) is 0 Å². The van der Waals surface area contributed by atoms with Gasteiger partial charge in [-0.05, 0) is 61.8 Å². The largest absolute Gasteiger partial charge is 0.481 e. The van der Waals surface area contributed by atoms with E-state index in [1.165, 1.54) is 0 Å². The molecule has 0 heterocycles. The van der Waals surface area contributed by atoms with E-state index < -0.39 is 42.4 Å². The lowest BCUT2D eigenvalue weighted by molar-refractivity contribution is -0.140. The van der Waals surface area contributed by atoms with E-state index in [-0.39, 0.29) is 18.7 Å². The first kappa shape index (κ1) is 34.2. The first-order valence-corrected chi connectivity index (χ1v) is 13.6. The molecule has 0 spiro atoms. The number of nitrogens with zero attached hydrogens (tertiary/aromatic N) is 4. The predicted molar refractivity (Wildman–Crippen MR) is 147 cm³/mol. The number of urea groups is 1. The second kappa shape index (κ2) is 19.3. The molecule has 14 nitrogen and oxygen atoms in total. The summed E-state index contributed by atoms with van der Waals surface area (Å²) in [6.07, 6.45) is 2.40. The second-order valence-corrected chi connectivity index (χ2v) is 9.95. The highest BCUT2D eigenvalue weighted by molar-refractivity contribution is 9.10. The molecular formula is C25H35BrN6O8. The van der Waals surface area contributed by atoms with E-state index in [1.54, 1.807) is 4.90 Å². The third kappa shape index (κ3) is 14.9. The minimum Gasteiger partial charge on any atom is -0.481 e. The van der Waals surface area contributed by atoms with Crippen molar-refractivity contribution in [1.82, 2.24) is 15.5 Å². The first-order chi connectivity index (χ1) is 19.0. The molecule has 0 aliphatic rings. The number of amides is 3. The maximum atomic E-state index is 12.9. The van der Waals surface area contributed by atoms with Gasteiger partial charge in [-0.25, -0.2) is 14.4 Å². The summed E-state index contributed by atoms with van der Waals surface area (Å²) in [5.41, 5.74) is 9.27. The van der Waals surface area contributed by atoms with E-state index in [1.807, 2.05) is 24.3 Å². The van der Waals surface area contributed by atoms with Gasteiger partial charge in [0.2, 0.25) is 5.91 Å². The Kier molecular flexibility index (Phi) is 16.5. The minimum absolute atomic E-state index is 0.0370. The number of carbonyl (C=O) groups excluding carboxylic acids is 2. The zero-order valence-corrected chi connectivity index (χ0v) is 23.6. The summed E-state index contributed by atoms with van der Waals surface area (Å²) in [6.45, 7) is 1.12. The molecule has 220 valence electrons. The van der Waals surface area contributed by atoms with E-state index in [2.05, 4.69) is 36.6 Å². The normalized spacial score (nSPS) is 11.9. The van der Waals surface area contributed by atoms with Crippen LogP contribution in [0.4, 0.5) is 4.79 Å². The SMILES string of the molecule is [N-]=[N+]=NCCCCCC(=O)N(CCCC[C@H](NC(=O)N[C@@H](CCC(=O)O)C(=O)O)C(=O)O)Cc1ccc(Br)cc1. The number of hydrogen-bond acceptors (Lipinski definition) is 6. The fraction of sp³-hybridized carbons (Fsp3) is 0.560. The monoisotopic (exact) mass is 626 g/mol. The summed E-state index contributed by atoms with van der Waals surface area (Å²) in [7, 11) is 0. The lowest BCUT2D eigenvalue weighted by Crippen LogP contribution is -2.51. The number of nitrogens with one attached hydrogen (secondary N) is 2. The molecule has 3 amide bonds. The van der Waals surface area contributed by atoms with Crippen molar-refractivity contribution in [3.05, 3.63) is 44.7 Å². The van der Waals surface area contributed by atoms with E-state index in [0.717, 1.165) is 16.5 Å². The van der Waals surface area contributed by atoms with Crippen molar-refractivity contribution in [2.45, 2.75) is 76.4 Å².